The van der Waals surface area contributed by atoms with Crippen LogP contribution < -0.4 is 10.1 Å². The van der Waals surface area contributed by atoms with Crippen LogP contribution in [-0.2, 0) is 0 Å². The van der Waals surface area contributed by atoms with Crippen LogP contribution in [0.15, 0.2) is 24.3 Å². The third-order valence-corrected chi connectivity index (χ3v) is 5.25. The molecule has 2 fully saturated rings. The monoisotopic (exact) mass is 303 g/mol. The van der Waals surface area contributed by atoms with Gasteiger partial charge in [-0.1, -0.05) is 38.5 Å². The molecular formula is C19H29NO2. The highest BCUT2D eigenvalue weighted by molar-refractivity contribution is 5.38. The lowest BCUT2D eigenvalue weighted by molar-refractivity contribution is 0.103. The number of para-hydroxylation sites is 1. The predicted molar refractivity (Wildman–Crippen MR) is 89.3 cm³/mol. The molecule has 0 amide bonds. The molecule has 4 atom stereocenters. The van der Waals surface area contributed by atoms with Crippen molar-refractivity contribution in [2.45, 2.75) is 57.6 Å². The smallest absolute Gasteiger partial charge is 0.122 e. The lowest BCUT2D eigenvalue weighted by Gasteiger charge is -2.25. The molecule has 0 unspecified atom stereocenters. The summed E-state index contributed by atoms with van der Waals surface area (Å²) in [5.74, 6) is 3.43. The van der Waals surface area contributed by atoms with Gasteiger partial charge in [-0.05, 0) is 48.6 Å². The first-order valence-electron chi connectivity index (χ1n) is 8.76. The molecule has 0 aliphatic heterocycles. The van der Waals surface area contributed by atoms with Gasteiger partial charge in [0.2, 0.25) is 0 Å². The van der Waals surface area contributed by atoms with E-state index < -0.39 is 6.10 Å². The largest absolute Gasteiger partial charge is 0.491 e. The summed E-state index contributed by atoms with van der Waals surface area (Å²) >= 11 is 0. The van der Waals surface area contributed by atoms with Gasteiger partial charge in [0.1, 0.15) is 18.5 Å². The Kier molecular flexibility index (Phi) is 5.04. The average molecular weight is 303 g/mol. The molecule has 3 rings (SSSR count). The second kappa shape index (κ2) is 7.01. The van der Waals surface area contributed by atoms with Gasteiger partial charge < -0.3 is 15.2 Å². The molecule has 2 aliphatic rings. The SMILES string of the molecule is CC(C)NC[C@@H](O)COc1ccccc1[C@@H]1C[C@H]2CC[C@H]1C2. The normalized spacial score (nSPS) is 28.3. The molecule has 2 saturated carbocycles. The van der Waals surface area contributed by atoms with E-state index in [0.29, 0.717) is 25.1 Å². The first kappa shape index (κ1) is 15.8. The highest BCUT2D eigenvalue weighted by Gasteiger charge is 2.41. The Labute approximate surface area is 134 Å². The van der Waals surface area contributed by atoms with Gasteiger partial charge in [-0.3, -0.25) is 0 Å². The Hall–Kier alpha value is -1.06. The topological polar surface area (TPSA) is 41.5 Å². The summed E-state index contributed by atoms with van der Waals surface area (Å²) in [7, 11) is 0. The number of benzene rings is 1. The Morgan fingerprint density at radius 2 is 2.05 bits per heavy atom. The number of hydrogen-bond donors (Lipinski definition) is 2. The number of nitrogens with one attached hydrogen (secondary N) is 1. The molecule has 2 N–H and O–H groups in total. The van der Waals surface area contributed by atoms with Crippen molar-refractivity contribution in [1.82, 2.24) is 5.32 Å². The van der Waals surface area contributed by atoms with Crippen LogP contribution in [0.2, 0.25) is 0 Å². The summed E-state index contributed by atoms with van der Waals surface area (Å²) < 4.78 is 5.96. The van der Waals surface area contributed by atoms with Gasteiger partial charge in [-0.25, -0.2) is 0 Å². The van der Waals surface area contributed by atoms with E-state index in [1.54, 1.807) is 0 Å². The Bertz CT molecular complexity index is 488. The van der Waals surface area contributed by atoms with E-state index >= 15 is 0 Å². The third kappa shape index (κ3) is 3.64. The average Bonchev–Trinajstić information content (AvgIpc) is 3.14. The molecule has 122 valence electrons. The maximum absolute atomic E-state index is 10.0. The molecule has 0 heterocycles. The Morgan fingerprint density at radius 3 is 2.73 bits per heavy atom. The number of aliphatic hydroxyl groups excluding tert-OH is 1. The van der Waals surface area contributed by atoms with Gasteiger partial charge in [0.25, 0.3) is 0 Å². The summed E-state index contributed by atoms with van der Waals surface area (Å²) in [5.41, 5.74) is 1.36. The van der Waals surface area contributed by atoms with Gasteiger partial charge in [0.15, 0.2) is 0 Å². The first-order chi connectivity index (χ1) is 10.6. The van der Waals surface area contributed by atoms with Crippen molar-refractivity contribution in [3.8, 4) is 5.75 Å². The number of rotatable bonds is 7. The highest BCUT2D eigenvalue weighted by Crippen LogP contribution is 2.54. The molecule has 2 aliphatic carbocycles. The maximum Gasteiger partial charge on any atom is 0.122 e. The van der Waals surface area contributed by atoms with E-state index in [0.717, 1.165) is 17.6 Å². The van der Waals surface area contributed by atoms with Crippen LogP contribution in [-0.4, -0.2) is 30.4 Å². The van der Waals surface area contributed by atoms with Crippen molar-refractivity contribution < 1.29 is 9.84 Å². The van der Waals surface area contributed by atoms with E-state index in [4.69, 9.17) is 4.74 Å². The standard InChI is InChI=1S/C19H29NO2/c1-13(2)20-11-16(21)12-22-19-6-4-3-5-17(19)18-10-14-7-8-15(18)9-14/h3-6,13-16,18,20-21H,7-12H2,1-2H3/t14-,15-,16+,18+/m0/s1. The Morgan fingerprint density at radius 1 is 1.23 bits per heavy atom. The zero-order chi connectivity index (χ0) is 15.5. The number of hydrogen-bond acceptors (Lipinski definition) is 3. The molecule has 1 aromatic rings. The molecule has 0 spiro atoms. The lowest BCUT2D eigenvalue weighted by Crippen LogP contribution is -2.35. The highest BCUT2D eigenvalue weighted by atomic mass is 16.5. The second-order valence-corrected chi connectivity index (χ2v) is 7.35. The van der Waals surface area contributed by atoms with Gasteiger partial charge >= 0.3 is 0 Å². The third-order valence-electron chi connectivity index (χ3n) is 5.25. The quantitative estimate of drug-likeness (QED) is 0.812. The molecule has 2 bridgehead atoms. The number of fused-ring (bicyclic) bond motifs is 2. The van der Waals surface area contributed by atoms with Crippen LogP contribution in [0.1, 0.15) is 51.0 Å². The molecular weight excluding hydrogens is 274 g/mol. The van der Waals surface area contributed by atoms with Crippen LogP contribution >= 0.6 is 0 Å². The van der Waals surface area contributed by atoms with Crippen LogP contribution in [0, 0.1) is 11.8 Å². The van der Waals surface area contributed by atoms with Crippen LogP contribution in [0.3, 0.4) is 0 Å². The first-order valence-corrected chi connectivity index (χ1v) is 8.76. The van der Waals surface area contributed by atoms with E-state index in [2.05, 4.69) is 37.4 Å². The predicted octanol–water partition coefficient (Wildman–Crippen LogP) is 3.33. The molecule has 3 nitrogen and oxygen atoms in total. The molecule has 0 radical (unpaired) electrons. The van der Waals surface area contributed by atoms with E-state index in [1.165, 1.54) is 31.2 Å². The van der Waals surface area contributed by atoms with E-state index in [-0.39, 0.29) is 0 Å². The summed E-state index contributed by atoms with van der Waals surface area (Å²) in [6.07, 6.45) is 5.06. The molecule has 0 saturated heterocycles. The fraction of sp³-hybridized carbons (Fsp3) is 0.684. The van der Waals surface area contributed by atoms with Crippen molar-refractivity contribution in [3.05, 3.63) is 29.8 Å². The van der Waals surface area contributed by atoms with Crippen molar-refractivity contribution in [1.29, 1.82) is 0 Å². The zero-order valence-electron chi connectivity index (χ0n) is 13.8. The summed E-state index contributed by atoms with van der Waals surface area (Å²) in [5, 5.41) is 13.3. The number of aliphatic hydroxyl groups is 1. The fourth-order valence-electron chi connectivity index (χ4n) is 4.16. The lowest BCUT2D eigenvalue weighted by atomic mass is 9.83. The summed E-state index contributed by atoms with van der Waals surface area (Å²) in [6.45, 7) is 5.10. The second-order valence-electron chi connectivity index (χ2n) is 7.35. The van der Waals surface area contributed by atoms with Gasteiger partial charge in [0, 0.05) is 12.6 Å². The summed E-state index contributed by atoms with van der Waals surface area (Å²) in [6, 6.07) is 8.81. The van der Waals surface area contributed by atoms with E-state index in [1.807, 2.05) is 6.07 Å². The van der Waals surface area contributed by atoms with Gasteiger partial charge in [0.05, 0.1) is 0 Å². The molecule has 1 aromatic carbocycles. The van der Waals surface area contributed by atoms with Gasteiger partial charge in [-0.15, -0.1) is 0 Å². The fourth-order valence-corrected chi connectivity index (χ4v) is 4.16. The van der Waals surface area contributed by atoms with Crippen LogP contribution in [0.5, 0.6) is 5.75 Å². The molecule has 3 heteroatoms. The minimum atomic E-state index is -0.463. The minimum Gasteiger partial charge on any atom is -0.491 e. The van der Waals surface area contributed by atoms with Crippen molar-refractivity contribution >= 4 is 0 Å². The molecule has 22 heavy (non-hydrogen) atoms. The minimum absolute atomic E-state index is 0.359. The van der Waals surface area contributed by atoms with Crippen molar-refractivity contribution in [3.63, 3.8) is 0 Å². The van der Waals surface area contributed by atoms with Crippen LogP contribution in [0.25, 0.3) is 0 Å². The van der Waals surface area contributed by atoms with Crippen molar-refractivity contribution in [2.24, 2.45) is 11.8 Å². The maximum atomic E-state index is 10.0. The Balaban J connectivity index is 1.60. The summed E-state index contributed by atoms with van der Waals surface area (Å²) in [4.78, 5) is 0. The van der Waals surface area contributed by atoms with E-state index in [9.17, 15) is 5.11 Å². The van der Waals surface area contributed by atoms with Gasteiger partial charge in [-0.2, -0.15) is 0 Å². The van der Waals surface area contributed by atoms with Crippen LogP contribution in [0.4, 0.5) is 0 Å². The zero-order valence-corrected chi connectivity index (χ0v) is 13.8. The number of ether oxygens (including phenoxy) is 1. The van der Waals surface area contributed by atoms with Crippen molar-refractivity contribution in [2.75, 3.05) is 13.2 Å². The molecule has 0 aromatic heterocycles.